The molecule has 98 valence electrons. The molecule has 0 bridgehead atoms. The molecule has 0 spiro atoms. The van der Waals surface area contributed by atoms with Gasteiger partial charge in [0.15, 0.2) is 0 Å². The number of aryl methyl sites for hydroxylation is 1. The molecule has 1 atom stereocenters. The zero-order valence-corrected chi connectivity index (χ0v) is 13.1. The van der Waals surface area contributed by atoms with Gasteiger partial charge in [0.2, 0.25) is 0 Å². The number of rotatable bonds is 3. The maximum absolute atomic E-state index is 4.70. The van der Waals surface area contributed by atoms with E-state index < -0.39 is 0 Å². The fourth-order valence-corrected chi connectivity index (χ4v) is 3.94. The second-order valence-electron chi connectivity index (χ2n) is 4.42. The lowest BCUT2D eigenvalue weighted by molar-refractivity contribution is 0.648. The number of thiophene rings is 1. The Morgan fingerprint density at radius 3 is 2.79 bits per heavy atom. The normalized spacial score (nSPS) is 13.0. The highest BCUT2D eigenvalue weighted by molar-refractivity contribution is 9.10. The third kappa shape index (κ3) is 2.12. The number of para-hydroxylation sites is 1. The van der Waals surface area contributed by atoms with Crippen molar-refractivity contribution in [3.63, 3.8) is 0 Å². The van der Waals surface area contributed by atoms with E-state index in [4.69, 9.17) is 5.10 Å². The standard InChI is InChI=1S/C14H14BrN3S/c1-16-13(10-7-19-8-11(10)15)14-9-5-3-4-6-12(9)18(2)17-14/h3-8,13,16H,1-2H3. The van der Waals surface area contributed by atoms with Gasteiger partial charge in [0, 0.05) is 27.9 Å². The van der Waals surface area contributed by atoms with Crippen molar-refractivity contribution in [2.75, 3.05) is 7.05 Å². The monoisotopic (exact) mass is 335 g/mol. The van der Waals surface area contributed by atoms with Gasteiger partial charge in [-0.1, -0.05) is 18.2 Å². The molecular formula is C14H14BrN3S. The number of hydrogen-bond donors (Lipinski definition) is 1. The van der Waals surface area contributed by atoms with Gasteiger partial charge in [0.05, 0.1) is 17.3 Å². The van der Waals surface area contributed by atoms with Crippen LogP contribution in [0.15, 0.2) is 39.5 Å². The molecule has 0 aliphatic heterocycles. The second kappa shape index (κ2) is 5.07. The predicted octanol–water partition coefficient (Wildman–Crippen LogP) is 3.71. The zero-order valence-electron chi connectivity index (χ0n) is 10.7. The minimum Gasteiger partial charge on any atom is -0.308 e. The lowest BCUT2D eigenvalue weighted by Crippen LogP contribution is -2.18. The van der Waals surface area contributed by atoms with E-state index in [0.29, 0.717) is 0 Å². The molecule has 1 aromatic carbocycles. The molecule has 19 heavy (non-hydrogen) atoms. The van der Waals surface area contributed by atoms with E-state index >= 15 is 0 Å². The lowest BCUT2D eigenvalue weighted by atomic mass is 10.0. The number of benzene rings is 1. The molecule has 0 aliphatic carbocycles. The number of aromatic nitrogens is 2. The van der Waals surface area contributed by atoms with Gasteiger partial charge in [-0.2, -0.15) is 16.4 Å². The Morgan fingerprint density at radius 2 is 2.11 bits per heavy atom. The van der Waals surface area contributed by atoms with E-state index in [-0.39, 0.29) is 6.04 Å². The van der Waals surface area contributed by atoms with Gasteiger partial charge in [-0.15, -0.1) is 0 Å². The first kappa shape index (κ1) is 12.8. The number of nitrogens with one attached hydrogen (secondary N) is 1. The highest BCUT2D eigenvalue weighted by Crippen LogP contribution is 2.33. The second-order valence-corrected chi connectivity index (χ2v) is 6.02. The summed E-state index contributed by atoms with van der Waals surface area (Å²) in [5.74, 6) is 0. The SMILES string of the molecule is CNC(c1cscc1Br)c1nn(C)c2ccccc12. The van der Waals surface area contributed by atoms with Crippen LogP contribution in [0.25, 0.3) is 10.9 Å². The van der Waals surface area contributed by atoms with Crippen LogP contribution in [0, 0.1) is 0 Å². The number of nitrogens with zero attached hydrogens (tertiary/aromatic N) is 2. The molecule has 5 heteroatoms. The van der Waals surface area contributed by atoms with E-state index in [0.717, 1.165) is 15.7 Å². The Morgan fingerprint density at radius 1 is 1.32 bits per heavy atom. The van der Waals surface area contributed by atoms with Crippen LogP contribution in [-0.4, -0.2) is 16.8 Å². The van der Waals surface area contributed by atoms with Crippen LogP contribution in [0.2, 0.25) is 0 Å². The van der Waals surface area contributed by atoms with E-state index in [9.17, 15) is 0 Å². The minimum atomic E-state index is 0.103. The molecule has 0 saturated heterocycles. The highest BCUT2D eigenvalue weighted by Gasteiger charge is 2.21. The third-order valence-electron chi connectivity index (χ3n) is 3.30. The summed E-state index contributed by atoms with van der Waals surface area (Å²) in [7, 11) is 3.96. The van der Waals surface area contributed by atoms with Crippen molar-refractivity contribution < 1.29 is 0 Å². The van der Waals surface area contributed by atoms with Gasteiger partial charge in [0.1, 0.15) is 0 Å². The van der Waals surface area contributed by atoms with Crippen LogP contribution < -0.4 is 5.32 Å². The van der Waals surface area contributed by atoms with Crippen molar-refractivity contribution in [3.8, 4) is 0 Å². The summed E-state index contributed by atoms with van der Waals surface area (Å²) in [5, 5.41) is 13.5. The molecular weight excluding hydrogens is 322 g/mol. The zero-order chi connectivity index (χ0) is 13.4. The van der Waals surface area contributed by atoms with Crippen LogP contribution in [-0.2, 0) is 7.05 Å². The molecule has 2 aromatic heterocycles. The van der Waals surface area contributed by atoms with Crippen molar-refractivity contribution >= 4 is 38.2 Å². The van der Waals surface area contributed by atoms with Gasteiger partial charge in [-0.3, -0.25) is 4.68 Å². The smallest absolute Gasteiger partial charge is 0.0918 e. The van der Waals surface area contributed by atoms with Crippen molar-refractivity contribution in [2.45, 2.75) is 6.04 Å². The largest absolute Gasteiger partial charge is 0.308 e. The van der Waals surface area contributed by atoms with Crippen LogP contribution in [0.5, 0.6) is 0 Å². The average molecular weight is 336 g/mol. The molecule has 2 heterocycles. The lowest BCUT2D eigenvalue weighted by Gasteiger charge is -2.13. The van der Waals surface area contributed by atoms with E-state index in [2.05, 4.69) is 50.2 Å². The van der Waals surface area contributed by atoms with Crippen LogP contribution >= 0.6 is 27.3 Å². The van der Waals surface area contributed by atoms with Gasteiger partial charge < -0.3 is 5.32 Å². The Balaban J connectivity index is 2.20. The highest BCUT2D eigenvalue weighted by atomic mass is 79.9. The van der Waals surface area contributed by atoms with E-state index in [1.54, 1.807) is 11.3 Å². The Hall–Kier alpha value is -1.17. The predicted molar refractivity (Wildman–Crippen MR) is 83.6 cm³/mol. The number of hydrogen-bond acceptors (Lipinski definition) is 3. The first-order valence-corrected chi connectivity index (χ1v) is 7.76. The van der Waals surface area contributed by atoms with Crippen molar-refractivity contribution in [1.29, 1.82) is 0 Å². The van der Waals surface area contributed by atoms with Crippen molar-refractivity contribution in [2.24, 2.45) is 7.05 Å². The van der Waals surface area contributed by atoms with Gasteiger partial charge in [-0.25, -0.2) is 0 Å². The van der Waals surface area contributed by atoms with Gasteiger partial charge in [0.25, 0.3) is 0 Å². The summed E-state index contributed by atoms with van der Waals surface area (Å²) >= 11 is 5.31. The summed E-state index contributed by atoms with van der Waals surface area (Å²) in [4.78, 5) is 0. The maximum Gasteiger partial charge on any atom is 0.0918 e. The molecule has 3 aromatic rings. The molecule has 3 rings (SSSR count). The molecule has 0 amide bonds. The van der Waals surface area contributed by atoms with Crippen molar-refractivity contribution in [3.05, 3.63) is 50.8 Å². The quantitative estimate of drug-likeness (QED) is 0.790. The summed E-state index contributed by atoms with van der Waals surface area (Å²) in [5.41, 5.74) is 3.46. The maximum atomic E-state index is 4.70. The fraction of sp³-hybridized carbons (Fsp3) is 0.214. The van der Waals surface area contributed by atoms with Crippen LogP contribution in [0.1, 0.15) is 17.3 Å². The Bertz CT molecular complexity index is 716. The van der Waals surface area contributed by atoms with Crippen LogP contribution in [0.3, 0.4) is 0 Å². The topological polar surface area (TPSA) is 29.9 Å². The summed E-state index contributed by atoms with van der Waals surface area (Å²) in [6.07, 6.45) is 0. The van der Waals surface area contributed by atoms with Gasteiger partial charge >= 0.3 is 0 Å². The van der Waals surface area contributed by atoms with Crippen molar-refractivity contribution in [1.82, 2.24) is 15.1 Å². The molecule has 0 fully saturated rings. The molecule has 1 N–H and O–H groups in total. The Kier molecular flexibility index (Phi) is 3.43. The van der Waals surface area contributed by atoms with Crippen LogP contribution in [0.4, 0.5) is 0 Å². The van der Waals surface area contributed by atoms with E-state index in [1.165, 1.54) is 10.9 Å². The average Bonchev–Trinajstić information content (AvgIpc) is 2.98. The molecule has 0 aliphatic rings. The molecule has 0 saturated carbocycles. The molecule has 3 nitrogen and oxygen atoms in total. The minimum absolute atomic E-state index is 0.103. The van der Waals surface area contributed by atoms with Gasteiger partial charge in [-0.05, 0) is 34.4 Å². The third-order valence-corrected chi connectivity index (χ3v) is 5.05. The summed E-state index contributed by atoms with van der Waals surface area (Å²) in [6.45, 7) is 0. The first-order chi connectivity index (χ1) is 9.22. The first-order valence-electron chi connectivity index (χ1n) is 6.03. The number of halogens is 1. The number of fused-ring (bicyclic) bond motifs is 1. The molecule has 0 radical (unpaired) electrons. The van der Waals surface area contributed by atoms with E-state index in [1.807, 2.05) is 24.8 Å². The fourth-order valence-electron chi connectivity index (χ4n) is 2.39. The summed E-state index contributed by atoms with van der Waals surface area (Å²) in [6, 6.07) is 8.43. The Labute approximate surface area is 124 Å². The molecule has 1 unspecified atom stereocenters. The summed E-state index contributed by atoms with van der Waals surface area (Å²) < 4.78 is 3.07.